The van der Waals surface area contributed by atoms with Gasteiger partial charge in [-0.25, -0.2) is 0 Å². The molecule has 0 bridgehead atoms. The number of nitrogens with two attached hydrogens (primary N) is 1. The zero-order valence-electron chi connectivity index (χ0n) is 17.1. The number of ether oxygens (including phenoxy) is 1. The van der Waals surface area contributed by atoms with Crippen molar-refractivity contribution < 1.29 is 9.53 Å². The van der Waals surface area contributed by atoms with Crippen LogP contribution in [0.25, 0.3) is 0 Å². The predicted octanol–water partition coefficient (Wildman–Crippen LogP) is 3.97. The van der Waals surface area contributed by atoms with Crippen LogP contribution in [-0.2, 0) is 10.5 Å². The first-order valence-electron chi connectivity index (χ1n) is 9.48. The molecule has 3 rings (SSSR count). The molecule has 1 amide bonds. The Bertz CT molecular complexity index is 1050. The molecule has 31 heavy (non-hydrogen) atoms. The van der Waals surface area contributed by atoms with Crippen molar-refractivity contribution in [1.29, 1.82) is 0 Å². The summed E-state index contributed by atoms with van der Waals surface area (Å²) in [7, 11) is 1.59. The number of anilines is 3. The fraction of sp³-hybridized carbons (Fsp3) is 0.238. The number of aromatic nitrogens is 3. The standard InChI is InChI=1S/C21H23ClN6O2S/c1-13(14-7-3-4-8-15(14)22)24-19(29)12-31-11-18-26-20(23)28-21(27-18)25-16-9-5-6-10-17(16)30-2/h3-10,13H,11-12H2,1-2H3,(H,24,29)(H3,23,25,26,27,28). The van der Waals surface area contributed by atoms with Gasteiger partial charge < -0.3 is 21.1 Å². The minimum absolute atomic E-state index is 0.0970. The molecule has 8 nitrogen and oxygen atoms in total. The highest BCUT2D eigenvalue weighted by Crippen LogP contribution is 2.26. The fourth-order valence-corrected chi connectivity index (χ4v) is 3.83. The van der Waals surface area contributed by atoms with Crippen molar-refractivity contribution in [3.05, 3.63) is 64.9 Å². The quantitative estimate of drug-likeness (QED) is 0.441. The van der Waals surface area contributed by atoms with Crippen molar-refractivity contribution in [2.24, 2.45) is 0 Å². The number of benzene rings is 2. The molecule has 0 aliphatic heterocycles. The van der Waals surface area contributed by atoms with Gasteiger partial charge in [-0.3, -0.25) is 4.79 Å². The maximum absolute atomic E-state index is 12.3. The Morgan fingerprint density at radius 1 is 1.16 bits per heavy atom. The molecule has 1 aromatic heterocycles. The molecule has 3 aromatic rings. The Morgan fingerprint density at radius 3 is 2.68 bits per heavy atom. The van der Waals surface area contributed by atoms with Crippen LogP contribution in [0.4, 0.5) is 17.6 Å². The average molecular weight is 459 g/mol. The molecule has 1 heterocycles. The van der Waals surface area contributed by atoms with E-state index in [1.54, 1.807) is 13.2 Å². The summed E-state index contributed by atoms with van der Waals surface area (Å²) in [5.41, 5.74) is 7.41. The molecule has 0 aliphatic rings. The van der Waals surface area contributed by atoms with Gasteiger partial charge in [-0.1, -0.05) is 41.9 Å². The van der Waals surface area contributed by atoms with E-state index in [9.17, 15) is 4.79 Å². The number of halogens is 1. The van der Waals surface area contributed by atoms with Gasteiger partial charge in [-0.05, 0) is 30.7 Å². The van der Waals surface area contributed by atoms with E-state index in [1.807, 2.05) is 49.4 Å². The Kier molecular flexibility index (Phi) is 7.91. The second kappa shape index (κ2) is 10.8. The number of para-hydroxylation sites is 2. The number of nitrogen functional groups attached to an aromatic ring is 1. The highest BCUT2D eigenvalue weighted by atomic mass is 35.5. The highest BCUT2D eigenvalue weighted by Gasteiger charge is 2.13. The van der Waals surface area contributed by atoms with Gasteiger partial charge in [0.25, 0.3) is 0 Å². The number of hydrogen-bond donors (Lipinski definition) is 3. The van der Waals surface area contributed by atoms with Gasteiger partial charge in [0.15, 0.2) is 0 Å². The summed E-state index contributed by atoms with van der Waals surface area (Å²) in [4.78, 5) is 24.9. The van der Waals surface area contributed by atoms with E-state index in [0.29, 0.717) is 34.0 Å². The third-order valence-corrected chi connectivity index (χ3v) is 5.54. The summed E-state index contributed by atoms with van der Waals surface area (Å²) in [6.45, 7) is 1.90. The molecule has 0 spiro atoms. The van der Waals surface area contributed by atoms with E-state index in [1.165, 1.54) is 11.8 Å². The maximum atomic E-state index is 12.3. The lowest BCUT2D eigenvalue weighted by Gasteiger charge is -2.15. The summed E-state index contributed by atoms with van der Waals surface area (Å²) in [6, 6.07) is 14.7. The number of methoxy groups -OCH3 is 1. The number of nitrogens with one attached hydrogen (secondary N) is 2. The summed E-state index contributed by atoms with van der Waals surface area (Å²) < 4.78 is 5.32. The smallest absolute Gasteiger partial charge is 0.232 e. The lowest BCUT2D eigenvalue weighted by Crippen LogP contribution is -2.28. The molecule has 0 fully saturated rings. The van der Waals surface area contributed by atoms with E-state index < -0.39 is 0 Å². The van der Waals surface area contributed by atoms with E-state index in [2.05, 4.69) is 25.6 Å². The molecule has 1 unspecified atom stereocenters. The first-order chi connectivity index (χ1) is 15.0. The molecule has 0 saturated heterocycles. The molecule has 0 aliphatic carbocycles. The average Bonchev–Trinajstić information content (AvgIpc) is 2.74. The molecule has 0 radical (unpaired) electrons. The predicted molar refractivity (Wildman–Crippen MR) is 125 cm³/mol. The molecule has 4 N–H and O–H groups in total. The normalized spacial score (nSPS) is 11.6. The van der Waals surface area contributed by atoms with Crippen molar-refractivity contribution in [2.75, 3.05) is 23.9 Å². The van der Waals surface area contributed by atoms with Gasteiger partial charge >= 0.3 is 0 Å². The van der Waals surface area contributed by atoms with Crippen LogP contribution in [-0.4, -0.2) is 33.7 Å². The minimum atomic E-state index is -0.189. The molecular formula is C21H23ClN6O2S. The number of rotatable bonds is 9. The maximum Gasteiger partial charge on any atom is 0.232 e. The second-order valence-corrected chi connectivity index (χ2v) is 7.96. The van der Waals surface area contributed by atoms with Gasteiger partial charge in [0.05, 0.1) is 30.3 Å². The molecule has 2 aromatic carbocycles. The molecule has 162 valence electrons. The summed E-state index contributed by atoms with van der Waals surface area (Å²) in [5, 5.41) is 6.65. The Morgan fingerprint density at radius 2 is 1.90 bits per heavy atom. The largest absolute Gasteiger partial charge is 0.495 e. The van der Waals surface area contributed by atoms with E-state index >= 15 is 0 Å². The zero-order chi connectivity index (χ0) is 22.2. The lowest BCUT2D eigenvalue weighted by atomic mass is 10.1. The molecular weight excluding hydrogens is 436 g/mol. The van der Waals surface area contributed by atoms with Crippen LogP contribution < -0.4 is 21.1 Å². The number of amides is 1. The first kappa shape index (κ1) is 22.6. The first-order valence-corrected chi connectivity index (χ1v) is 11.0. The van der Waals surface area contributed by atoms with Gasteiger partial charge in [0.1, 0.15) is 11.6 Å². The van der Waals surface area contributed by atoms with Crippen molar-refractivity contribution in [1.82, 2.24) is 20.3 Å². The van der Waals surface area contributed by atoms with Crippen LogP contribution in [0.3, 0.4) is 0 Å². The number of carbonyl (C=O) groups excluding carboxylic acids is 1. The van der Waals surface area contributed by atoms with Crippen molar-refractivity contribution >= 4 is 46.9 Å². The number of nitrogens with zero attached hydrogens (tertiary/aromatic N) is 3. The zero-order valence-corrected chi connectivity index (χ0v) is 18.7. The number of carbonyl (C=O) groups is 1. The third-order valence-electron chi connectivity index (χ3n) is 4.27. The summed E-state index contributed by atoms with van der Waals surface area (Å²) in [6.07, 6.45) is 0. The van der Waals surface area contributed by atoms with Crippen LogP contribution in [0.5, 0.6) is 5.75 Å². The fourth-order valence-electron chi connectivity index (χ4n) is 2.85. The monoisotopic (exact) mass is 458 g/mol. The Balaban J connectivity index is 1.56. The van der Waals surface area contributed by atoms with Crippen molar-refractivity contribution in [3.8, 4) is 5.75 Å². The van der Waals surface area contributed by atoms with Gasteiger partial charge in [-0.2, -0.15) is 15.0 Å². The third kappa shape index (κ3) is 6.47. The molecule has 10 heteroatoms. The van der Waals surface area contributed by atoms with Crippen LogP contribution in [0.2, 0.25) is 5.02 Å². The highest BCUT2D eigenvalue weighted by molar-refractivity contribution is 7.99. The number of hydrogen-bond acceptors (Lipinski definition) is 8. The molecule has 1 atom stereocenters. The summed E-state index contributed by atoms with van der Waals surface area (Å²) >= 11 is 7.57. The van der Waals surface area contributed by atoms with E-state index in [4.69, 9.17) is 22.1 Å². The summed E-state index contributed by atoms with van der Waals surface area (Å²) in [5.74, 6) is 2.08. The van der Waals surface area contributed by atoms with Crippen LogP contribution >= 0.6 is 23.4 Å². The van der Waals surface area contributed by atoms with Crippen LogP contribution in [0, 0.1) is 0 Å². The van der Waals surface area contributed by atoms with Gasteiger partial charge in [0, 0.05) is 5.02 Å². The number of thioether (sulfide) groups is 1. The molecule has 0 saturated carbocycles. The van der Waals surface area contributed by atoms with Crippen LogP contribution in [0.1, 0.15) is 24.4 Å². The second-order valence-electron chi connectivity index (χ2n) is 6.56. The topological polar surface area (TPSA) is 115 Å². The SMILES string of the molecule is COc1ccccc1Nc1nc(N)nc(CSCC(=O)NC(C)c2ccccc2Cl)n1. The van der Waals surface area contributed by atoms with Crippen molar-refractivity contribution in [2.45, 2.75) is 18.7 Å². The Labute approximate surface area is 190 Å². The van der Waals surface area contributed by atoms with E-state index in [0.717, 1.165) is 5.56 Å². The Hall–Kier alpha value is -3.04. The van der Waals surface area contributed by atoms with Gasteiger partial charge in [-0.15, -0.1) is 11.8 Å². The van der Waals surface area contributed by atoms with E-state index in [-0.39, 0.29) is 23.7 Å². The van der Waals surface area contributed by atoms with Gasteiger partial charge in [0.2, 0.25) is 17.8 Å². The lowest BCUT2D eigenvalue weighted by molar-refractivity contribution is -0.119. The van der Waals surface area contributed by atoms with Crippen LogP contribution in [0.15, 0.2) is 48.5 Å². The minimum Gasteiger partial charge on any atom is -0.495 e. The van der Waals surface area contributed by atoms with Crippen molar-refractivity contribution in [3.63, 3.8) is 0 Å².